The van der Waals surface area contributed by atoms with Gasteiger partial charge in [-0.2, -0.15) is 0 Å². The molecule has 1 unspecified atom stereocenters. The van der Waals surface area contributed by atoms with Crippen LogP contribution >= 0.6 is 34.2 Å². The Kier molecular flexibility index (Phi) is 4.96. The molecule has 2 atom stereocenters. The molecular weight excluding hydrogens is 507 g/mol. The van der Waals surface area contributed by atoms with E-state index in [0.717, 1.165) is 31.8 Å². The molecule has 0 saturated heterocycles. The maximum Gasteiger partial charge on any atom is 0.142 e. The van der Waals surface area contributed by atoms with E-state index in [1.165, 1.54) is 0 Å². The SMILES string of the molecule is C[C@H]1C(C(O)(c2ccccc2)c2ccccc2)N=C2C(I)=Cc3cc(Cl)ccc3N21. The van der Waals surface area contributed by atoms with Crippen molar-refractivity contribution in [1.82, 2.24) is 0 Å². The summed E-state index contributed by atoms with van der Waals surface area (Å²) in [6, 6.07) is 25.2. The van der Waals surface area contributed by atoms with Gasteiger partial charge in [0.2, 0.25) is 0 Å². The van der Waals surface area contributed by atoms with Crippen molar-refractivity contribution < 1.29 is 5.11 Å². The zero-order chi connectivity index (χ0) is 20.9. The largest absolute Gasteiger partial charge is 0.378 e. The van der Waals surface area contributed by atoms with Crippen molar-refractivity contribution in [3.05, 3.63) is 104 Å². The summed E-state index contributed by atoms with van der Waals surface area (Å²) in [5.41, 5.74) is 2.56. The number of aliphatic hydroxyl groups is 1. The molecule has 0 bridgehead atoms. The van der Waals surface area contributed by atoms with Crippen LogP contribution in [0.1, 0.15) is 23.6 Å². The highest BCUT2D eigenvalue weighted by Crippen LogP contribution is 2.45. The molecule has 0 radical (unpaired) electrons. The van der Waals surface area contributed by atoms with Crippen LogP contribution in [0.2, 0.25) is 5.02 Å². The summed E-state index contributed by atoms with van der Waals surface area (Å²) < 4.78 is 1.04. The van der Waals surface area contributed by atoms with Gasteiger partial charge in [0.25, 0.3) is 0 Å². The number of hydrogen-bond acceptors (Lipinski definition) is 3. The Morgan fingerprint density at radius 1 is 0.967 bits per heavy atom. The minimum Gasteiger partial charge on any atom is -0.378 e. The molecule has 0 aliphatic carbocycles. The molecule has 3 aromatic carbocycles. The Labute approximate surface area is 194 Å². The lowest BCUT2D eigenvalue weighted by Crippen LogP contribution is -2.49. The lowest BCUT2D eigenvalue weighted by Gasteiger charge is -2.38. The van der Waals surface area contributed by atoms with Crippen LogP contribution in [0.5, 0.6) is 0 Å². The van der Waals surface area contributed by atoms with E-state index in [0.29, 0.717) is 5.02 Å². The Balaban J connectivity index is 1.68. The van der Waals surface area contributed by atoms with Crippen LogP contribution in [0.4, 0.5) is 5.69 Å². The summed E-state index contributed by atoms with van der Waals surface area (Å²) in [4.78, 5) is 7.33. The number of aliphatic imine (C=N–C) groups is 1. The molecule has 2 aliphatic heterocycles. The van der Waals surface area contributed by atoms with Crippen LogP contribution < -0.4 is 4.90 Å². The molecule has 5 heteroatoms. The lowest BCUT2D eigenvalue weighted by atomic mass is 9.78. The molecule has 0 amide bonds. The predicted molar refractivity (Wildman–Crippen MR) is 132 cm³/mol. The molecule has 0 spiro atoms. The van der Waals surface area contributed by atoms with Gasteiger partial charge < -0.3 is 10.0 Å². The van der Waals surface area contributed by atoms with E-state index in [2.05, 4.69) is 40.5 Å². The van der Waals surface area contributed by atoms with Crippen LogP contribution in [0.3, 0.4) is 0 Å². The van der Waals surface area contributed by atoms with Crippen molar-refractivity contribution in [2.45, 2.75) is 24.6 Å². The normalized spacial score (nSPS) is 20.3. The van der Waals surface area contributed by atoms with Crippen LogP contribution in [-0.2, 0) is 5.60 Å². The number of halogens is 2. The molecule has 0 saturated carbocycles. The fourth-order valence-electron chi connectivity index (χ4n) is 4.54. The highest BCUT2D eigenvalue weighted by atomic mass is 127. The summed E-state index contributed by atoms with van der Waals surface area (Å²) in [5.74, 6) is 0.896. The number of hydrogen-bond donors (Lipinski definition) is 1. The quantitative estimate of drug-likeness (QED) is 0.422. The van der Waals surface area contributed by atoms with E-state index in [9.17, 15) is 5.11 Å². The van der Waals surface area contributed by atoms with Gasteiger partial charge in [-0.1, -0.05) is 72.3 Å². The Bertz CT molecular complexity index is 1120. The number of amidine groups is 1. The number of fused-ring (bicyclic) bond motifs is 3. The standard InChI is InChI=1S/C25H20ClIN2O/c1-16-23(25(30,18-8-4-2-5-9-18)19-10-6-3-7-11-19)28-24-21(27)15-17-14-20(26)12-13-22(17)29(16)24/h2-16,23,30H,1H3/t16-,23?/m0/s1. The second-order valence-corrected chi connectivity index (χ2v) is 9.30. The van der Waals surface area contributed by atoms with Gasteiger partial charge in [-0.15, -0.1) is 0 Å². The van der Waals surface area contributed by atoms with E-state index in [4.69, 9.17) is 16.6 Å². The maximum atomic E-state index is 12.3. The predicted octanol–water partition coefficient (Wildman–Crippen LogP) is 6.04. The molecule has 30 heavy (non-hydrogen) atoms. The molecule has 2 heterocycles. The summed E-state index contributed by atoms with van der Waals surface area (Å²) in [6.45, 7) is 2.13. The highest BCUT2D eigenvalue weighted by molar-refractivity contribution is 14.1. The van der Waals surface area contributed by atoms with E-state index >= 15 is 0 Å². The Morgan fingerprint density at radius 3 is 2.17 bits per heavy atom. The third kappa shape index (κ3) is 3.01. The van der Waals surface area contributed by atoms with E-state index in [1.54, 1.807) is 0 Å². The monoisotopic (exact) mass is 526 g/mol. The maximum absolute atomic E-state index is 12.3. The first-order chi connectivity index (χ1) is 14.5. The van der Waals surface area contributed by atoms with Crippen LogP contribution in [0.25, 0.3) is 6.08 Å². The molecule has 2 aliphatic rings. The number of benzene rings is 3. The fraction of sp³-hybridized carbons (Fsp3) is 0.160. The van der Waals surface area contributed by atoms with Crippen LogP contribution in [0, 0.1) is 0 Å². The first kappa shape index (κ1) is 19.8. The van der Waals surface area contributed by atoms with Gasteiger partial charge in [0.05, 0.1) is 15.3 Å². The van der Waals surface area contributed by atoms with Crippen LogP contribution in [-0.4, -0.2) is 23.0 Å². The van der Waals surface area contributed by atoms with Crippen LogP contribution in [0.15, 0.2) is 87.4 Å². The minimum absolute atomic E-state index is 0.0520. The van der Waals surface area contributed by atoms with E-state index in [-0.39, 0.29) is 12.1 Å². The molecule has 0 fully saturated rings. The summed E-state index contributed by atoms with van der Waals surface area (Å²) in [7, 11) is 0. The average molecular weight is 527 g/mol. The average Bonchev–Trinajstić information content (AvgIpc) is 3.13. The van der Waals surface area contributed by atoms with Gasteiger partial charge in [-0.25, -0.2) is 0 Å². The van der Waals surface area contributed by atoms with E-state index < -0.39 is 5.60 Å². The third-order valence-electron chi connectivity index (χ3n) is 5.95. The second kappa shape index (κ2) is 7.52. The molecule has 3 aromatic rings. The van der Waals surface area contributed by atoms with Crippen molar-refractivity contribution in [3.63, 3.8) is 0 Å². The zero-order valence-corrected chi connectivity index (χ0v) is 19.2. The second-order valence-electron chi connectivity index (χ2n) is 7.70. The minimum atomic E-state index is -1.25. The van der Waals surface area contributed by atoms with Crippen molar-refractivity contribution in [1.29, 1.82) is 0 Å². The Hall–Kier alpha value is -2.15. The van der Waals surface area contributed by atoms with Gasteiger partial charge >= 0.3 is 0 Å². The third-order valence-corrected chi connectivity index (χ3v) is 6.98. The lowest BCUT2D eigenvalue weighted by molar-refractivity contribution is 0.0489. The van der Waals surface area contributed by atoms with Crippen molar-refractivity contribution in [2.75, 3.05) is 4.90 Å². The molecular formula is C25H20ClIN2O. The van der Waals surface area contributed by atoms with E-state index in [1.807, 2.05) is 78.9 Å². The molecule has 1 N–H and O–H groups in total. The number of nitrogens with zero attached hydrogens (tertiary/aromatic N) is 2. The van der Waals surface area contributed by atoms with Crippen molar-refractivity contribution in [2.24, 2.45) is 4.99 Å². The first-order valence-corrected chi connectivity index (χ1v) is 11.3. The molecule has 0 aromatic heterocycles. The van der Waals surface area contributed by atoms with Gasteiger partial charge in [0, 0.05) is 10.6 Å². The summed E-state index contributed by atoms with van der Waals surface area (Å²) in [6.07, 6.45) is 2.11. The van der Waals surface area contributed by atoms with Gasteiger partial charge in [0.1, 0.15) is 17.5 Å². The zero-order valence-electron chi connectivity index (χ0n) is 16.3. The molecule has 150 valence electrons. The summed E-state index contributed by atoms with van der Waals surface area (Å²) >= 11 is 8.57. The van der Waals surface area contributed by atoms with Gasteiger partial charge in [0.15, 0.2) is 0 Å². The van der Waals surface area contributed by atoms with Crippen molar-refractivity contribution >= 4 is 51.8 Å². The van der Waals surface area contributed by atoms with Crippen molar-refractivity contribution in [3.8, 4) is 0 Å². The highest BCUT2D eigenvalue weighted by Gasteiger charge is 2.50. The van der Waals surface area contributed by atoms with Gasteiger partial charge in [-0.05, 0) is 64.9 Å². The molecule has 3 nitrogen and oxygen atoms in total. The summed E-state index contributed by atoms with van der Waals surface area (Å²) in [5, 5.41) is 13.0. The fourth-order valence-corrected chi connectivity index (χ4v) is 5.46. The van der Waals surface area contributed by atoms with Gasteiger partial charge in [-0.3, -0.25) is 4.99 Å². The topological polar surface area (TPSA) is 35.8 Å². The first-order valence-electron chi connectivity index (χ1n) is 9.87. The Morgan fingerprint density at radius 2 is 1.57 bits per heavy atom. The number of rotatable bonds is 3. The number of anilines is 1. The smallest absolute Gasteiger partial charge is 0.142 e. The molecule has 5 rings (SSSR count).